The van der Waals surface area contributed by atoms with Crippen LogP contribution in [0.25, 0.3) is 0 Å². The van der Waals surface area contributed by atoms with Gasteiger partial charge in [-0.1, -0.05) is 58.8 Å². The molecule has 0 radical (unpaired) electrons. The molecule has 3 heteroatoms. The van der Waals surface area contributed by atoms with E-state index in [1.165, 1.54) is 50.5 Å². The molecule has 0 aliphatic heterocycles. The first-order valence-electron chi connectivity index (χ1n) is 7.97. The molecule has 1 aromatic rings. The van der Waals surface area contributed by atoms with E-state index in [1.54, 1.807) is 0 Å². The summed E-state index contributed by atoms with van der Waals surface area (Å²) in [7, 11) is 1.98. The number of aryl methyl sites for hydroxylation is 2. The van der Waals surface area contributed by atoms with Gasteiger partial charge in [-0.2, -0.15) is 5.10 Å². The van der Waals surface area contributed by atoms with Gasteiger partial charge in [0, 0.05) is 24.8 Å². The standard InChI is InChI=1S/C16H31N3/c1-4-6-7-8-9-10-11-12-15(17)14-13-19(3)18-16(14)5-2/h13,15H,4-12,17H2,1-3H3. The number of nitrogens with zero attached hydrogens (tertiary/aromatic N) is 2. The maximum atomic E-state index is 6.29. The zero-order valence-electron chi connectivity index (χ0n) is 13.0. The van der Waals surface area contributed by atoms with Crippen LogP contribution in [0.1, 0.15) is 82.5 Å². The van der Waals surface area contributed by atoms with Gasteiger partial charge < -0.3 is 5.73 Å². The van der Waals surface area contributed by atoms with Gasteiger partial charge >= 0.3 is 0 Å². The Balaban J connectivity index is 2.21. The summed E-state index contributed by atoms with van der Waals surface area (Å²) in [5.41, 5.74) is 8.70. The third-order valence-electron chi connectivity index (χ3n) is 3.79. The molecule has 3 nitrogen and oxygen atoms in total. The van der Waals surface area contributed by atoms with Crippen LogP contribution in [0.5, 0.6) is 0 Å². The van der Waals surface area contributed by atoms with Crippen molar-refractivity contribution in [3.8, 4) is 0 Å². The molecule has 1 rings (SSSR count). The van der Waals surface area contributed by atoms with Gasteiger partial charge in [0.15, 0.2) is 0 Å². The minimum atomic E-state index is 0.166. The lowest BCUT2D eigenvalue weighted by molar-refractivity contribution is 0.539. The van der Waals surface area contributed by atoms with Crippen molar-refractivity contribution in [3.63, 3.8) is 0 Å². The van der Waals surface area contributed by atoms with Crippen LogP contribution in [0, 0.1) is 0 Å². The highest BCUT2D eigenvalue weighted by Crippen LogP contribution is 2.21. The molecule has 0 bridgehead atoms. The van der Waals surface area contributed by atoms with E-state index in [0.29, 0.717) is 0 Å². The summed E-state index contributed by atoms with van der Waals surface area (Å²) in [4.78, 5) is 0. The Morgan fingerprint density at radius 2 is 1.74 bits per heavy atom. The van der Waals surface area contributed by atoms with Crippen LogP contribution < -0.4 is 5.73 Å². The Hall–Kier alpha value is -0.830. The molecule has 0 aliphatic carbocycles. The van der Waals surface area contributed by atoms with Gasteiger partial charge in [-0.25, -0.2) is 0 Å². The van der Waals surface area contributed by atoms with Crippen molar-refractivity contribution in [2.24, 2.45) is 12.8 Å². The predicted molar refractivity (Wildman–Crippen MR) is 82.1 cm³/mol. The first-order valence-corrected chi connectivity index (χ1v) is 7.97. The summed E-state index contributed by atoms with van der Waals surface area (Å²) in [6.45, 7) is 4.41. The Labute approximate surface area is 118 Å². The fraction of sp³-hybridized carbons (Fsp3) is 0.812. The van der Waals surface area contributed by atoms with Gasteiger partial charge in [-0.15, -0.1) is 0 Å². The van der Waals surface area contributed by atoms with Crippen molar-refractivity contribution in [2.45, 2.75) is 77.7 Å². The van der Waals surface area contributed by atoms with Gasteiger partial charge in [0.1, 0.15) is 0 Å². The molecule has 19 heavy (non-hydrogen) atoms. The summed E-state index contributed by atoms with van der Waals surface area (Å²) in [6.07, 6.45) is 13.6. The minimum absolute atomic E-state index is 0.166. The zero-order chi connectivity index (χ0) is 14.1. The second-order valence-electron chi connectivity index (χ2n) is 5.57. The van der Waals surface area contributed by atoms with Crippen LogP contribution in [0.2, 0.25) is 0 Å². The average Bonchev–Trinajstić information content (AvgIpc) is 2.79. The summed E-state index contributed by atoms with van der Waals surface area (Å²) in [5.74, 6) is 0. The third-order valence-corrected chi connectivity index (χ3v) is 3.79. The quantitative estimate of drug-likeness (QED) is 0.647. The number of aromatic nitrogens is 2. The Morgan fingerprint density at radius 1 is 1.11 bits per heavy atom. The van der Waals surface area contributed by atoms with Crippen molar-refractivity contribution in [1.82, 2.24) is 9.78 Å². The van der Waals surface area contributed by atoms with Crippen molar-refractivity contribution < 1.29 is 0 Å². The topological polar surface area (TPSA) is 43.8 Å². The minimum Gasteiger partial charge on any atom is -0.324 e. The molecule has 0 saturated carbocycles. The molecule has 0 amide bonds. The largest absolute Gasteiger partial charge is 0.324 e. The van der Waals surface area contributed by atoms with E-state index >= 15 is 0 Å². The van der Waals surface area contributed by atoms with Crippen LogP contribution in [-0.2, 0) is 13.5 Å². The van der Waals surface area contributed by atoms with Gasteiger partial charge in [0.05, 0.1) is 5.69 Å². The van der Waals surface area contributed by atoms with Crippen LogP contribution in [0.15, 0.2) is 6.20 Å². The van der Waals surface area contributed by atoms with Gasteiger partial charge in [-0.3, -0.25) is 4.68 Å². The molecular formula is C16H31N3. The highest BCUT2D eigenvalue weighted by molar-refractivity contribution is 5.20. The summed E-state index contributed by atoms with van der Waals surface area (Å²) in [5, 5.41) is 4.47. The Kier molecular flexibility index (Phi) is 7.80. The fourth-order valence-corrected chi connectivity index (χ4v) is 2.61. The number of nitrogens with two attached hydrogens (primary N) is 1. The molecule has 0 spiro atoms. The predicted octanol–water partition coefficient (Wildman–Crippen LogP) is 4.12. The molecule has 110 valence electrons. The lowest BCUT2D eigenvalue weighted by Crippen LogP contribution is -2.11. The summed E-state index contributed by atoms with van der Waals surface area (Å²) < 4.78 is 1.89. The molecular weight excluding hydrogens is 234 g/mol. The van der Waals surface area contributed by atoms with E-state index in [-0.39, 0.29) is 6.04 Å². The Bertz CT molecular complexity index is 344. The van der Waals surface area contributed by atoms with Crippen LogP contribution in [-0.4, -0.2) is 9.78 Å². The summed E-state index contributed by atoms with van der Waals surface area (Å²) >= 11 is 0. The molecule has 1 aromatic heterocycles. The molecule has 0 aromatic carbocycles. The molecule has 0 aliphatic rings. The monoisotopic (exact) mass is 265 g/mol. The van der Waals surface area contributed by atoms with E-state index < -0.39 is 0 Å². The maximum absolute atomic E-state index is 6.29. The normalized spacial score (nSPS) is 12.8. The van der Waals surface area contributed by atoms with Crippen LogP contribution in [0.3, 0.4) is 0 Å². The number of hydrogen-bond donors (Lipinski definition) is 1. The first kappa shape index (κ1) is 16.2. The molecule has 1 unspecified atom stereocenters. The van der Waals surface area contributed by atoms with Crippen molar-refractivity contribution in [1.29, 1.82) is 0 Å². The lowest BCUT2D eigenvalue weighted by Gasteiger charge is -2.11. The second kappa shape index (κ2) is 9.13. The van der Waals surface area contributed by atoms with Crippen molar-refractivity contribution >= 4 is 0 Å². The van der Waals surface area contributed by atoms with Gasteiger partial charge in [0.25, 0.3) is 0 Å². The lowest BCUT2D eigenvalue weighted by atomic mass is 10.00. The van der Waals surface area contributed by atoms with E-state index in [4.69, 9.17) is 5.73 Å². The van der Waals surface area contributed by atoms with E-state index in [2.05, 4.69) is 25.1 Å². The molecule has 0 fully saturated rings. The van der Waals surface area contributed by atoms with Gasteiger partial charge in [0.2, 0.25) is 0 Å². The number of hydrogen-bond acceptors (Lipinski definition) is 2. The number of rotatable bonds is 10. The Morgan fingerprint density at radius 3 is 2.37 bits per heavy atom. The molecule has 2 N–H and O–H groups in total. The average molecular weight is 265 g/mol. The summed E-state index contributed by atoms with van der Waals surface area (Å²) in [6, 6.07) is 0.166. The van der Waals surface area contributed by atoms with Crippen molar-refractivity contribution in [2.75, 3.05) is 0 Å². The number of unbranched alkanes of at least 4 members (excludes halogenated alkanes) is 6. The first-order chi connectivity index (χ1) is 9.19. The molecule has 0 saturated heterocycles. The van der Waals surface area contributed by atoms with Crippen molar-refractivity contribution in [3.05, 3.63) is 17.5 Å². The molecule has 1 heterocycles. The maximum Gasteiger partial charge on any atom is 0.0669 e. The highest BCUT2D eigenvalue weighted by Gasteiger charge is 2.13. The second-order valence-corrected chi connectivity index (χ2v) is 5.57. The van der Waals surface area contributed by atoms with E-state index in [1.807, 2.05) is 11.7 Å². The van der Waals surface area contributed by atoms with E-state index in [0.717, 1.165) is 18.5 Å². The van der Waals surface area contributed by atoms with E-state index in [9.17, 15) is 0 Å². The zero-order valence-corrected chi connectivity index (χ0v) is 13.0. The fourth-order valence-electron chi connectivity index (χ4n) is 2.61. The van der Waals surface area contributed by atoms with Gasteiger partial charge in [-0.05, 0) is 12.8 Å². The van der Waals surface area contributed by atoms with Crippen LogP contribution >= 0.6 is 0 Å². The third kappa shape index (κ3) is 5.77. The highest BCUT2D eigenvalue weighted by atomic mass is 15.3. The smallest absolute Gasteiger partial charge is 0.0669 e. The SMILES string of the molecule is CCCCCCCCCC(N)c1cn(C)nc1CC. The van der Waals surface area contributed by atoms with Crippen LogP contribution in [0.4, 0.5) is 0 Å². The molecule has 1 atom stereocenters.